The van der Waals surface area contributed by atoms with E-state index in [0.717, 1.165) is 41.2 Å². The van der Waals surface area contributed by atoms with Crippen molar-refractivity contribution in [2.45, 2.75) is 26.3 Å². The second-order valence-electron chi connectivity index (χ2n) is 8.92. The number of aryl methyl sites for hydroxylation is 1. The van der Waals surface area contributed by atoms with Crippen LogP contribution in [0.4, 0.5) is 8.78 Å². The third-order valence-electron chi connectivity index (χ3n) is 6.59. The van der Waals surface area contributed by atoms with Crippen LogP contribution < -0.4 is 0 Å². The Morgan fingerprint density at radius 3 is 2.50 bits per heavy atom. The minimum atomic E-state index is -0.560. The Labute approximate surface area is 199 Å². The molecule has 6 heteroatoms. The maximum absolute atomic E-state index is 14.9. The first-order valence-electron chi connectivity index (χ1n) is 11.6. The van der Waals surface area contributed by atoms with Crippen LogP contribution in [-0.4, -0.2) is 39.7 Å². The van der Waals surface area contributed by atoms with Crippen molar-refractivity contribution in [3.63, 3.8) is 0 Å². The lowest BCUT2D eigenvalue weighted by molar-refractivity contribution is 0.240. The predicted molar refractivity (Wildman–Crippen MR) is 132 cm³/mol. The monoisotopic (exact) mass is 458 g/mol. The summed E-state index contributed by atoms with van der Waals surface area (Å²) in [6, 6.07) is 12.5. The summed E-state index contributed by atoms with van der Waals surface area (Å²) in [5, 5.41) is 4.71. The van der Waals surface area contributed by atoms with E-state index >= 15 is 0 Å². The Bertz CT molecular complexity index is 1280. The van der Waals surface area contributed by atoms with Crippen LogP contribution in [0.25, 0.3) is 11.3 Å². The fourth-order valence-electron chi connectivity index (χ4n) is 4.93. The molecule has 0 radical (unpaired) electrons. The molecule has 1 aromatic heterocycles. The van der Waals surface area contributed by atoms with Crippen LogP contribution in [0.1, 0.15) is 34.4 Å². The molecule has 0 atom stereocenters. The lowest BCUT2D eigenvalue weighted by Crippen LogP contribution is -2.41. The van der Waals surface area contributed by atoms with Crippen molar-refractivity contribution in [3.05, 3.63) is 113 Å². The van der Waals surface area contributed by atoms with Gasteiger partial charge in [0.1, 0.15) is 17.5 Å². The molecule has 0 saturated carbocycles. The van der Waals surface area contributed by atoms with Crippen molar-refractivity contribution in [3.8, 4) is 0 Å². The molecule has 0 bridgehead atoms. The molecule has 1 saturated heterocycles. The van der Waals surface area contributed by atoms with E-state index in [1.807, 2.05) is 35.0 Å². The largest absolute Gasteiger partial charge is 0.360 e. The fourth-order valence-corrected chi connectivity index (χ4v) is 4.93. The third-order valence-corrected chi connectivity index (χ3v) is 6.59. The molecule has 0 amide bonds. The van der Waals surface area contributed by atoms with Crippen LogP contribution in [0.2, 0.25) is 0 Å². The van der Waals surface area contributed by atoms with E-state index in [0.29, 0.717) is 25.2 Å². The number of nitrogens with zero attached hydrogens (tertiary/aromatic N) is 4. The normalized spacial score (nSPS) is 19.6. The summed E-state index contributed by atoms with van der Waals surface area (Å²) in [6.45, 7) is 8.34. The number of rotatable bonds is 4. The zero-order chi connectivity index (χ0) is 23.8. The summed E-state index contributed by atoms with van der Waals surface area (Å²) in [5.74, 6) is -0.230. The van der Waals surface area contributed by atoms with Gasteiger partial charge in [-0.3, -0.25) is 4.68 Å². The van der Waals surface area contributed by atoms with Crippen LogP contribution >= 0.6 is 0 Å². The zero-order valence-corrected chi connectivity index (χ0v) is 19.6. The van der Waals surface area contributed by atoms with Crippen LogP contribution in [0, 0.1) is 18.6 Å². The van der Waals surface area contributed by atoms with E-state index in [-0.39, 0.29) is 5.56 Å². The van der Waals surface area contributed by atoms with Crippen LogP contribution in [0.5, 0.6) is 0 Å². The van der Waals surface area contributed by atoms with Gasteiger partial charge in [0.15, 0.2) is 0 Å². The summed E-state index contributed by atoms with van der Waals surface area (Å²) < 4.78 is 31.8. The molecule has 174 valence electrons. The molecule has 0 aliphatic carbocycles. The number of halogens is 2. The highest BCUT2D eigenvalue weighted by Gasteiger charge is 2.32. The van der Waals surface area contributed by atoms with E-state index in [1.54, 1.807) is 0 Å². The predicted octanol–water partition coefficient (Wildman–Crippen LogP) is 5.61. The number of hydrogen-bond acceptors (Lipinski definition) is 3. The van der Waals surface area contributed by atoms with Gasteiger partial charge in [0, 0.05) is 31.3 Å². The second kappa shape index (κ2) is 8.93. The van der Waals surface area contributed by atoms with Crippen LogP contribution in [0.3, 0.4) is 0 Å². The minimum Gasteiger partial charge on any atom is -0.360 e. The molecule has 0 unspecified atom stereocenters. The summed E-state index contributed by atoms with van der Waals surface area (Å²) in [4.78, 5) is 4.18. The van der Waals surface area contributed by atoms with Gasteiger partial charge in [0.05, 0.1) is 29.7 Å². The van der Waals surface area contributed by atoms with Gasteiger partial charge < -0.3 is 9.80 Å². The summed E-state index contributed by atoms with van der Waals surface area (Å²) in [5.41, 5.74) is 5.85. The molecule has 2 aromatic carbocycles. The molecule has 0 spiro atoms. The highest BCUT2D eigenvalue weighted by Crippen LogP contribution is 2.38. The van der Waals surface area contributed by atoms with Crippen molar-refractivity contribution >= 4 is 11.3 Å². The van der Waals surface area contributed by atoms with Crippen molar-refractivity contribution in [2.75, 3.05) is 20.1 Å². The van der Waals surface area contributed by atoms with Crippen molar-refractivity contribution in [1.82, 2.24) is 19.6 Å². The molecule has 5 rings (SSSR count). The molecule has 2 aliphatic heterocycles. The van der Waals surface area contributed by atoms with Crippen molar-refractivity contribution in [1.29, 1.82) is 0 Å². The van der Waals surface area contributed by atoms with E-state index in [1.165, 1.54) is 23.8 Å². The molecule has 4 nitrogen and oxygen atoms in total. The van der Waals surface area contributed by atoms with Gasteiger partial charge in [0.2, 0.25) is 0 Å². The maximum atomic E-state index is 14.9. The quantitative estimate of drug-likeness (QED) is 0.508. The number of benzene rings is 2. The van der Waals surface area contributed by atoms with Gasteiger partial charge in [-0.25, -0.2) is 8.78 Å². The van der Waals surface area contributed by atoms with Crippen molar-refractivity contribution in [2.24, 2.45) is 0 Å². The summed E-state index contributed by atoms with van der Waals surface area (Å²) in [7, 11) is 2.02. The Hall–Kier alpha value is -3.67. The summed E-state index contributed by atoms with van der Waals surface area (Å²) >= 11 is 0. The van der Waals surface area contributed by atoms with Gasteiger partial charge >= 0.3 is 0 Å². The molecule has 34 heavy (non-hydrogen) atoms. The standard InChI is InChI=1S/C28H28F2N4/c1-4-22-27-21(17-31-34(27)18-20-11-9-19(2)10-12-20)13-14-25(26-23(29)7-5-8-24(26)30)33-16-6-15-32(3)28(22)33/h4-5,7-12,14,17H,1,6,13,15-16,18H2,2-3H3/b25-14+,28-22-. The Morgan fingerprint density at radius 2 is 1.79 bits per heavy atom. The van der Waals surface area contributed by atoms with Gasteiger partial charge in [-0.2, -0.15) is 5.10 Å². The van der Waals surface area contributed by atoms with Crippen LogP contribution in [-0.2, 0) is 13.0 Å². The lowest BCUT2D eigenvalue weighted by atomic mass is 9.97. The van der Waals surface area contributed by atoms with E-state index < -0.39 is 11.6 Å². The molecule has 3 aromatic rings. The minimum absolute atomic E-state index is 0.00853. The third kappa shape index (κ3) is 3.83. The number of allylic oxidation sites excluding steroid dienone is 3. The molecule has 2 aliphatic rings. The number of fused-ring (bicyclic) bond motifs is 2. The topological polar surface area (TPSA) is 24.3 Å². The highest BCUT2D eigenvalue weighted by molar-refractivity contribution is 5.80. The maximum Gasteiger partial charge on any atom is 0.135 e. The second-order valence-corrected chi connectivity index (χ2v) is 8.92. The highest BCUT2D eigenvalue weighted by atomic mass is 19.1. The molecule has 3 heterocycles. The van der Waals surface area contributed by atoms with E-state index in [4.69, 9.17) is 5.10 Å². The molecular weight excluding hydrogens is 430 g/mol. The Kier molecular flexibility index (Phi) is 5.82. The Balaban J connectivity index is 1.69. The first-order chi connectivity index (χ1) is 16.5. The average Bonchev–Trinajstić information content (AvgIpc) is 3.19. The van der Waals surface area contributed by atoms with Gasteiger partial charge in [-0.05, 0) is 37.5 Å². The van der Waals surface area contributed by atoms with Gasteiger partial charge in [-0.15, -0.1) is 0 Å². The van der Waals surface area contributed by atoms with Gasteiger partial charge in [-0.1, -0.05) is 54.6 Å². The fraction of sp³-hybridized carbons (Fsp3) is 0.250. The number of hydrogen-bond donors (Lipinski definition) is 0. The Morgan fingerprint density at radius 1 is 1.06 bits per heavy atom. The first kappa shape index (κ1) is 22.1. The molecule has 0 N–H and O–H groups in total. The molecular formula is C28H28F2N4. The van der Waals surface area contributed by atoms with E-state index in [9.17, 15) is 8.78 Å². The van der Waals surface area contributed by atoms with Crippen LogP contribution in [0.15, 0.2) is 73.2 Å². The molecule has 1 fully saturated rings. The zero-order valence-electron chi connectivity index (χ0n) is 19.6. The van der Waals surface area contributed by atoms with Crippen molar-refractivity contribution < 1.29 is 8.78 Å². The smallest absolute Gasteiger partial charge is 0.135 e. The van der Waals surface area contributed by atoms with E-state index in [2.05, 4.69) is 42.7 Å². The summed E-state index contributed by atoms with van der Waals surface area (Å²) in [6.07, 6.45) is 7.02. The average molecular weight is 459 g/mol. The SMILES string of the molecule is C=C/C1=C2\N(C)CCCN2/C(c2c(F)cccc2F)=C/Cc2cnn(Cc3ccc(C)cc3)c21. The number of aromatic nitrogens is 2. The van der Waals surface area contributed by atoms with Gasteiger partial charge in [0.25, 0.3) is 0 Å². The first-order valence-corrected chi connectivity index (χ1v) is 11.6. The lowest BCUT2D eigenvalue weighted by Gasteiger charge is -2.42.